The Hall–Kier alpha value is -0.960. The van der Waals surface area contributed by atoms with Crippen LogP contribution in [-0.2, 0) is 9.59 Å². The van der Waals surface area contributed by atoms with Crippen LogP contribution in [0.1, 0.15) is 65.2 Å². The lowest BCUT2D eigenvalue weighted by molar-refractivity contribution is -0.132. The smallest absolute Gasteiger partial charge is 0.161 e. The minimum atomic E-state index is -0.0965. The van der Waals surface area contributed by atoms with E-state index in [0.29, 0.717) is 35.5 Å². The fourth-order valence-electron chi connectivity index (χ4n) is 6.78. The van der Waals surface area contributed by atoms with Crippen LogP contribution in [0, 0.1) is 28.6 Å². The molecule has 1 N–H and O–H groups in total. The SMILES string of the molecule is C[C@]12CCC(=O)C(CO)=C1CC[C@@H]1[C@@H]2CC[C@]2(C)C(=O)CC[C@@H]12. The molecule has 4 aliphatic rings. The lowest BCUT2D eigenvalue weighted by Gasteiger charge is -2.57. The van der Waals surface area contributed by atoms with Crippen molar-refractivity contribution in [2.75, 3.05) is 6.61 Å². The molecule has 0 saturated heterocycles. The van der Waals surface area contributed by atoms with Crippen LogP contribution < -0.4 is 0 Å². The molecule has 0 aromatic carbocycles. The van der Waals surface area contributed by atoms with Crippen LogP contribution >= 0.6 is 0 Å². The summed E-state index contributed by atoms with van der Waals surface area (Å²) in [7, 11) is 0. The number of fused-ring (bicyclic) bond motifs is 5. The van der Waals surface area contributed by atoms with Crippen LogP contribution in [0.5, 0.6) is 0 Å². The first-order valence-corrected chi connectivity index (χ1v) is 9.31. The lowest BCUT2D eigenvalue weighted by Crippen LogP contribution is -2.51. The van der Waals surface area contributed by atoms with Crippen molar-refractivity contribution in [2.45, 2.75) is 65.2 Å². The van der Waals surface area contributed by atoms with E-state index in [2.05, 4.69) is 13.8 Å². The summed E-state index contributed by atoms with van der Waals surface area (Å²) in [4.78, 5) is 24.6. The Labute approximate surface area is 138 Å². The number of allylic oxidation sites excluding steroid dienone is 1. The molecule has 0 radical (unpaired) electrons. The summed E-state index contributed by atoms with van der Waals surface area (Å²) in [5.41, 5.74) is 1.96. The van der Waals surface area contributed by atoms with Gasteiger partial charge >= 0.3 is 0 Å². The second kappa shape index (κ2) is 5.02. The molecule has 5 atom stereocenters. The van der Waals surface area contributed by atoms with Crippen molar-refractivity contribution in [3.05, 3.63) is 11.1 Å². The molecule has 126 valence electrons. The van der Waals surface area contributed by atoms with Gasteiger partial charge < -0.3 is 5.11 Å². The van der Waals surface area contributed by atoms with Gasteiger partial charge in [-0.15, -0.1) is 0 Å². The first-order chi connectivity index (χ1) is 10.9. The molecule has 3 nitrogen and oxygen atoms in total. The Balaban J connectivity index is 1.73. The Morgan fingerprint density at radius 3 is 2.43 bits per heavy atom. The van der Waals surface area contributed by atoms with Crippen LogP contribution in [0.3, 0.4) is 0 Å². The zero-order valence-corrected chi connectivity index (χ0v) is 14.4. The van der Waals surface area contributed by atoms with Gasteiger partial charge in [0.05, 0.1) is 6.61 Å². The Kier molecular flexibility index (Phi) is 3.39. The van der Waals surface area contributed by atoms with Crippen molar-refractivity contribution in [1.29, 1.82) is 0 Å². The van der Waals surface area contributed by atoms with Gasteiger partial charge in [-0.25, -0.2) is 0 Å². The molecule has 4 rings (SSSR count). The molecular weight excluding hydrogens is 288 g/mol. The second-order valence-corrected chi connectivity index (χ2v) is 8.79. The number of carbonyl (C=O) groups excluding carboxylic acids is 2. The summed E-state index contributed by atoms with van der Waals surface area (Å²) >= 11 is 0. The van der Waals surface area contributed by atoms with E-state index < -0.39 is 0 Å². The van der Waals surface area contributed by atoms with Crippen molar-refractivity contribution in [2.24, 2.45) is 28.6 Å². The third-order valence-electron chi connectivity index (χ3n) is 8.11. The zero-order valence-electron chi connectivity index (χ0n) is 14.4. The van der Waals surface area contributed by atoms with Crippen LogP contribution in [-0.4, -0.2) is 23.3 Å². The number of hydrogen-bond acceptors (Lipinski definition) is 3. The fourth-order valence-corrected chi connectivity index (χ4v) is 6.78. The maximum absolute atomic E-state index is 12.4. The van der Waals surface area contributed by atoms with E-state index in [4.69, 9.17) is 0 Å². The van der Waals surface area contributed by atoms with E-state index in [-0.39, 0.29) is 23.2 Å². The lowest BCUT2D eigenvalue weighted by atomic mass is 9.47. The highest BCUT2D eigenvalue weighted by Crippen LogP contribution is 2.64. The predicted octanol–water partition coefficient (Wildman–Crippen LogP) is 3.45. The summed E-state index contributed by atoms with van der Waals surface area (Å²) in [6.07, 6.45) is 7.52. The zero-order chi connectivity index (χ0) is 16.4. The molecule has 23 heavy (non-hydrogen) atoms. The molecule has 0 heterocycles. The number of rotatable bonds is 1. The predicted molar refractivity (Wildman–Crippen MR) is 87.7 cm³/mol. The summed E-state index contributed by atoms with van der Waals surface area (Å²) in [5.74, 6) is 2.41. The number of Topliss-reactive ketones (excluding diaryl/α,β-unsaturated/α-hetero) is 2. The van der Waals surface area contributed by atoms with Crippen LogP contribution in [0.15, 0.2) is 11.1 Å². The molecule has 0 aromatic heterocycles. The summed E-state index contributed by atoms with van der Waals surface area (Å²) < 4.78 is 0. The van der Waals surface area contributed by atoms with E-state index in [0.717, 1.165) is 44.9 Å². The minimum absolute atomic E-state index is 0.0713. The van der Waals surface area contributed by atoms with Gasteiger partial charge in [-0.2, -0.15) is 0 Å². The molecule has 0 aromatic rings. The average molecular weight is 316 g/mol. The highest BCUT2D eigenvalue weighted by molar-refractivity contribution is 5.97. The third-order valence-corrected chi connectivity index (χ3v) is 8.11. The van der Waals surface area contributed by atoms with Gasteiger partial charge in [0.25, 0.3) is 0 Å². The van der Waals surface area contributed by atoms with Gasteiger partial charge in [0.2, 0.25) is 0 Å². The molecule has 0 aliphatic heterocycles. The van der Waals surface area contributed by atoms with Gasteiger partial charge in [-0.3, -0.25) is 9.59 Å². The molecule has 3 fully saturated rings. The normalized spacial score (nSPS) is 46.5. The van der Waals surface area contributed by atoms with Crippen molar-refractivity contribution < 1.29 is 14.7 Å². The molecule has 3 saturated carbocycles. The fraction of sp³-hybridized carbons (Fsp3) is 0.800. The minimum Gasteiger partial charge on any atom is -0.392 e. The molecular formula is C20H28O3. The van der Waals surface area contributed by atoms with Crippen molar-refractivity contribution in [3.63, 3.8) is 0 Å². The van der Waals surface area contributed by atoms with Crippen LogP contribution in [0.25, 0.3) is 0 Å². The number of hydrogen-bond donors (Lipinski definition) is 1. The van der Waals surface area contributed by atoms with Gasteiger partial charge in [0.15, 0.2) is 5.78 Å². The van der Waals surface area contributed by atoms with Gasteiger partial charge in [0.1, 0.15) is 5.78 Å². The van der Waals surface area contributed by atoms with Crippen molar-refractivity contribution in [3.8, 4) is 0 Å². The van der Waals surface area contributed by atoms with Crippen molar-refractivity contribution >= 4 is 11.6 Å². The third kappa shape index (κ3) is 1.92. The van der Waals surface area contributed by atoms with E-state index in [1.54, 1.807) is 0 Å². The van der Waals surface area contributed by atoms with Gasteiger partial charge in [0, 0.05) is 23.8 Å². The summed E-state index contributed by atoms with van der Waals surface area (Å²) in [5, 5.41) is 9.71. The first-order valence-electron chi connectivity index (χ1n) is 9.31. The number of aliphatic hydroxyl groups is 1. The van der Waals surface area contributed by atoms with Gasteiger partial charge in [-0.05, 0) is 61.7 Å². The maximum atomic E-state index is 12.4. The molecule has 0 unspecified atom stereocenters. The Morgan fingerprint density at radius 1 is 0.957 bits per heavy atom. The van der Waals surface area contributed by atoms with E-state index in [1.165, 1.54) is 5.57 Å². The van der Waals surface area contributed by atoms with Gasteiger partial charge in [-0.1, -0.05) is 19.4 Å². The summed E-state index contributed by atoms with van der Waals surface area (Å²) in [6.45, 7) is 4.45. The second-order valence-electron chi connectivity index (χ2n) is 8.79. The number of ketones is 2. The summed E-state index contributed by atoms with van der Waals surface area (Å²) in [6, 6.07) is 0. The van der Waals surface area contributed by atoms with E-state index in [1.807, 2.05) is 0 Å². The number of carbonyl (C=O) groups is 2. The van der Waals surface area contributed by atoms with Crippen LogP contribution in [0.2, 0.25) is 0 Å². The quantitative estimate of drug-likeness (QED) is 0.806. The Bertz CT molecular complexity index is 604. The number of aliphatic hydroxyl groups excluding tert-OH is 1. The van der Waals surface area contributed by atoms with Crippen LogP contribution in [0.4, 0.5) is 0 Å². The van der Waals surface area contributed by atoms with E-state index >= 15 is 0 Å². The molecule has 0 amide bonds. The largest absolute Gasteiger partial charge is 0.392 e. The topological polar surface area (TPSA) is 54.4 Å². The Morgan fingerprint density at radius 2 is 1.70 bits per heavy atom. The highest BCUT2D eigenvalue weighted by Gasteiger charge is 2.59. The standard InChI is InChI=1S/C20H28O3/c1-19-10-8-17(22)13(11-21)15(19)4-3-12-14-5-6-18(23)20(14,2)9-7-16(12)19/h12,14,16,21H,3-11H2,1-2H3/t12-,14-,16-,19-,20-/m0/s1. The monoisotopic (exact) mass is 316 g/mol. The molecule has 0 bridgehead atoms. The molecule has 3 heteroatoms. The molecule has 0 spiro atoms. The highest BCUT2D eigenvalue weighted by atomic mass is 16.3. The van der Waals surface area contributed by atoms with Crippen molar-refractivity contribution in [1.82, 2.24) is 0 Å². The maximum Gasteiger partial charge on any atom is 0.161 e. The molecule has 4 aliphatic carbocycles. The van der Waals surface area contributed by atoms with E-state index in [9.17, 15) is 14.7 Å². The first kappa shape index (κ1) is 15.6. The average Bonchev–Trinajstić information content (AvgIpc) is 2.83.